The molecule has 1 rings (SSSR count). The van der Waals surface area contributed by atoms with Gasteiger partial charge < -0.3 is 9.47 Å². The molecule has 0 spiro atoms. The molecule has 1 aromatic rings. The summed E-state index contributed by atoms with van der Waals surface area (Å²) in [6.45, 7) is 0. The zero-order chi connectivity index (χ0) is 14.4. The first-order valence-corrected chi connectivity index (χ1v) is 6.29. The summed E-state index contributed by atoms with van der Waals surface area (Å²) in [4.78, 5) is 33.3. The second-order valence-corrected chi connectivity index (χ2v) is 4.02. The van der Waals surface area contributed by atoms with Gasteiger partial charge in [0.15, 0.2) is 0 Å². The zero-order valence-electron chi connectivity index (χ0n) is 9.32. The molecule has 0 aromatic heterocycles. The number of rotatable bonds is 5. The first kappa shape index (κ1) is 15.8. The molecule has 0 aliphatic rings. The number of alkyl halides is 2. The van der Waals surface area contributed by atoms with Gasteiger partial charge in [0.05, 0.1) is 5.56 Å². The molecule has 0 aliphatic carbocycles. The molecule has 0 aliphatic heterocycles. The van der Waals surface area contributed by atoms with E-state index < -0.39 is 23.1 Å². The maximum atomic E-state index is 11.1. The molecule has 0 N–H and O–H groups in total. The van der Waals surface area contributed by atoms with Gasteiger partial charge in [-0.1, -0.05) is 0 Å². The molecule has 0 saturated carbocycles. The fourth-order valence-electron chi connectivity index (χ4n) is 1.12. The standard InChI is InChI=1S/C11H7Cl3O5/c12-4-9(15)18-6-1-2-7(11(14)17)8(3-6)19-10(16)5-13/h1-3H,4-5H2. The van der Waals surface area contributed by atoms with E-state index in [1.54, 1.807) is 0 Å². The van der Waals surface area contributed by atoms with Crippen molar-refractivity contribution in [1.29, 1.82) is 0 Å². The lowest BCUT2D eigenvalue weighted by Crippen LogP contribution is -2.12. The Kier molecular flexibility index (Phi) is 6.08. The molecule has 0 atom stereocenters. The van der Waals surface area contributed by atoms with Crippen LogP contribution in [-0.4, -0.2) is 28.9 Å². The van der Waals surface area contributed by atoms with Crippen molar-refractivity contribution in [2.45, 2.75) is 0 Å². The van der Waals surface area contributed by atoms with Gasteiger partial charge >= 0.3 is 11.9 Å². The number of esters is 2. The van der Waals surface area contributed by atoms with Gasteiger partial charge in [-0.2, -0.15) is 0 Å². The molecule has 0 heterocycles. The molecule has 8 heteroatoms. The summed E-state index contributed by atoms with van der Waals surface area (Å²) in [6.07, 6.45) is 0. The molecule has 19 heavy (non-hydrogen) atoms. The van der Waals surface area contributed by atoms with Crippen molar-refractivity contribution in [3.8, 4) is 11.5 Å². The second kappa shape index (κ2) is 7.33. The van der Waals surface area contributed by atoms with E-state index in [2.05, 4.69) is 0 Å². The van der Waals surface area contributed by atoms with Crippen LogP contribution in [0.3, 0.4) is 0 Å². The Morgan fingerprint density at radius 1 is 1.00 bits per heavy atom. The average Bonchev–Trinajstić information content (AvgIpc) is 2.38. The summed E-state index contributed by atoms with van der Waals surface area (Å²) in [5, 5.41) is -0.826. The Hall–Kier alpha value is -1.30. The van der Waals surface area contributed by atoms with Crippen molar-refractivity contribution in [2.24, 2.45) is 0 Å². The summed E-state index contributed by atoms with van der Waals surface area (Å²) >= 11 is 15.9. The lowest BCUT2D eigenvalue weighted by molar-refractivity contribution is -0.132. The van der Waals surface area contributed by atoms with Crippen LogP contribution in [0.4, 0.5) is 0 Å². The maximum absolute atomic E-state index is 11.1. The number of halogens is 3. The Morgan fingerprint density at radius 3 is 2.11 bits per heavy atom. The average molecular weight is 326 g/mol. The minimum absolute atomic E-state index is 0.0502. The minimum Gasteiger partial charge on any atom is -0.426 e. The number of carbonyl (C=O) groups is 3. The van der Waals surface area contributed by atoms with E-state index in [1.807, 2.05) is 0 Å². The van der Waals surface area contributed by atoms with Crippen LogP contribution in [-0.2, 0) is 9.59 Å². The lowest BCUT2D eigenvalue weighted by atomic mass is 10.2. The van der Waals surface area contributed by atoms with Crippen molar-refractivity contribution in [2.75, 3.05) is 11.8 Å². The van der Waals surface area contributed by atoms with Crippen LogP contribution in [0.1, 0.15) is 10.4 Å². The highest BCUT2D eigenvalue weighted by Crippen LogP contribution is 2.26. The molecule has 0 fully saturated rings. The van der Waals surface area contributed by atoms with E-state index in [0.29, 0.717) is 0 Å². The predicted octanol–water partition coefficient (Wildman–Crippen LogP) is 2.35. The van der Waals surface area contributed by atoms with Crippen LogP contribution < -0.4 is 9.47 Å². The van der Waals surface area contributed by atoms with Gasteiger partial charge in [-0.05, 0) is 23.7 Å². The highest BCUT2D eigenvalue weighted by molar-refractivity contribution is 6.68. The number of hydrogen-bond donors (Lipinski definition) is 0. The van der Waals surface area contributed by atoms with Crippen LogP contribution >= 0.6 is 34.8 Å². The normalized spacial score (nSPS) is 9.84. The lowest BCUT2D eigenvalue weighted by Gasteiger charge is -2.08. The molecule has 1 aromatic carbocycles. The summed E-state index contributed by atoms with van der Waals surface area (Å²) in [7, 11) is 0. The van der Waals surface area contributed by atoms with E-state index in [0.717, 1.165) is 0 Å². The van der Waals surface area contributed by atoms with E-state index >= 15 is 0 Å². The van der Waals surface area contributed by atoms with Crippen molar-refractivity contribution < 1.29 is 23.9 Å². The van der Waals surface area contributed by atoms with Crippen LogP contribution in [0.15, 0.2) is 18.2 Å². The van der Waals surface area contributed by atoms with E-state index in [1.165, 1.54) is 18.2 Å². The van der Waals surface area contributed by atoms with Gasteiger partial charge in [0.25, 0.3) is 5.24 Å². The molecule has 0 radical (unpaired) electrons. The molecular weight excluding hydrogens is 318 g/mol. The van der Waals surface area contributed by atoms with Crippen molar-refractivity contribution in [3.63, 3.8) is 0 Å². The smallest absolute Gasteiger partial charge is 0.326 e. The Balaban J connectivity index is 3.07. The van der Waals surface area contributed by atoms with Gasteiger partial charge in [0, 0.05) is 6.07 Å². The molecule has 5 nitrogen and oxygen atoms in total. The molecule has 0 unspecified atom stereocenters. The number of benzene rings is 1. The fourth-order valence-corrected chi connectivity index (χ4v) is 1.39. The molecule has 0 saturated heterocycles. The minimum atomic E-state index is -0.826. The monoisotopic (exact) mass is 324 g/mol. The molecule has 102 valence electrons. The third kappa shape index (κ3) is 4.70. The van der Waals surface area contributed by atoms with Crippen molar-refractivity contribution in [3.05, 3.63) is 23.8 Å². The van der Waals surface area contributed by atoms with Gasteiger partial charge in [-0.25, -0.2) is 0 Å². The van der Waals surface area contributed by atoms with Crippen LogP contribution in [0.25, 0.3) is 0 Å². The van der Waals surface area contributed by atoms with Crippen LogP contribution in [0.2, 0.25) is 0 Å². The Morgan fingerprint density at radius 2 is 1.58 bits per heavy atom. The maximum Gasteiger partial charge on any atom is 0.326 e. The Bertz CT molecular complexity index is 515. The van der Waals surface area contributed by atoms with Crippen LogP contribution in [0.5, 0.6) is 11.5 Å². The largest absolute Gasteiger partial charge is 0.426 e. The van der Waals surface area contributed by atoms with E-state index in [9.17, 15) is 14.4 Å². The number of hydrogen-bond acceptors (Lipinski definition) is 5. The van der Waals surface area contributed by atoms with Crippen molar-refractivity contribution >= 4 is 52.0 Å². The second-order valence-electron chi connectivity index (χ2n) is 3.15. The Labute approximate surface area is 123 Å². The summed E-state index contributed by atoms with van der Waals surface area (Å²) in [5.74, 6) is -2.30. The topological polar surface area (TPSA) is 69.7 Å². The van der Waals surface area contributed by atoms with E-state index in [4.69, 9.17) is 44.3 Å². The third-order valence-electron chi connectivity index (χ3n) is 1.84. The SMILES string of the molecule is O=C(CCl)Oc1ccc(C(=O)Cl)c(OC(=O)CCl)c1. The number of ether oxygens (including phenoxy) is 2. The van der Waals surface area contributed by atoms with Gasteiger partial charge in [-0.3, -0.25) is 14.4 Å². The first-order valence-electron chi connectivity index (χ1n) is 4.85. The quantitative estimate of drug-likeness (QED) is 0.360. The number of carbonyl (C=O) groups excluding carboxylic acids is 3. The molecule has 0 amide bonds. The zero-order valence-corrected chi connectivity index (χ0v) is 11.6. The van der Waals surface area contributed by atoms with Gasteiger partial charge in [0.2, 0.25) is 0 Å². The van der Waals surface area contributed by atoms with Crippen LogP contribution in [0, 0.1) is 0 Å². The highest BCUT2D eigenvalue weighted by atomic mass is 35.5. The van der Waals surface area contributed by atoms with Crippen molar-refractivity contribution in [1.82, 2.24) is 0 Å². The molecule has 0 bridgehead atoms. The summed E-state index contributed by atoms with van der Waals surface area (Å²) < 4.78 is 9.62. The molecular formula is C11H7Cl3O5. The first-order chi connectivity index (χ1) is 8.97. The van der Waals surface area contributed by atoms with E-state index in [-0.39, 0.29) is 22.9 Å². The fraction of sp³-hybridized carbons (Fsp3) is 0.182. The summed E-state index contributed by atoms with van der Waals surface area (Å²) in [5.41, 5.74) is -0.0502. The third-order valence-corrected chi connectivity index (χ3v) is 2.48. The highest BCUT2D eigenvalue weighted by Gasteiger charge is 2.15. The summed E-state index contributed by atoms with van der Waals surface area (Å²) in [6, 6.07) is 3.74. The predicted molar refractivity (Wildman–Crippen MR) is 69.3 cm³/mol. The van der Waals surface area contributed by atoms with Gasteiger partial charge in [-0.15, -0.1) is 23.2 Å². The van der Waals surface area contributed by atoms with Gasteiger partial charge in [0.1, 0.15) is 23.3 Å².